The summed E-state index contributed by atoms with van der Waals surface area (Å²) >= 11 is 0. The van der Waals surface area contributed by atoms with Crippen LogP contribution in [0.4, 0.5) is 0 Å². The van der Waals surface area contributed by atoms with Gasteiger partial charge in [0.2, 0.25) is 0 Å². The highest BCUT2D eigenvalue weighted by molar-refractivity contribution is 5.36. The predicted octanol–water partition coefficient (Wildman–Crippen LogP) is 3.72. The van der Waals surface area contributed by atoms with E-state index in [1.165, 1.54) is 12.8 Å². The van der Waals surface area contributed by atoms with Crippen LogP contribution in [-0.2, 0) is 0 Å². The zero-order valence-electron chi connectivity index (χ0n) is 17.0. The van der Waals surface area contributed by atoms with Gasteiger partial charge in [-0.15, -0.1) is 0 Å². The van der Waals surface area contributed by atoms with Gasteiger partial charge in [-0.1, -0.05) is 0 Å². The van der Waals surface area contributed by atoms with E-state index in [2.05, 4.69) is 22.9 Å². The summed E-state index contributed by atoms with van der Waals surface area (Å²) in [7, 11) is 0. The molecule has 6 heteroatoms. The van der Waals surface area contributed by atoms with Gasteiger partial charge in [-0.25, -0.2) is 4.98 Å². The van der Waals surface area contributed by atoms with Gasteiger partial charge in [0, 0.05) is 42.0 Å². The molecule has 6 nitrogen and oxygen atoms in total. The highest BCUT2D eigenvalue weighted by atomic mass is 16.6. The highest BCUT2D eigenvalue weighted by Crippen LogP contribution is 2.32. The summed E-state index contributed by atoms with van der Waals surface area (Å²) in [5.41, 5.74) is 3.03. The third-order valence-corrected chi connectivity index (χ3v) is 5.49. The summed E-state index contributed by atoms with van der Waals surface area (Å²) in [6.07, 6.45) is 2.37. The highest BCUT2D eigenvalue weighted by Gasteiger charge is 2.26. The molecule has 2 aromatic heterocycles. The quantitative estimate of drug-likeness (QED) is 0.784. The van der Waals surface area contributed by atoms with Crippen molar-refractivity contribution in [3.8, 4) is 17.4 Å². The molecule has 1 fully saturated rings. The maximum atomic E-state index is 6.10. The van der Waals surface area contributed by atoms with Gasteiger partial charge in [0.05, 0.1) is 12.3 Å². The van der Waals surface area contributed by atoms with E-state index in [1.807, 2.05) is 32.0 Å². The molecule has 150 valence electrons. The van der Waals surface area contributed by atoms with Crippen molar-refractivity contribution in [2.45, 2.75) is 39.7 Å². The van der Waals surface area contributed by atoms with E-state index < -0.39 is 0 Å². The zero-order valence-corrected chi connectivity index (χ0v) is 17.0. The van der Waals surface area contributed by atoms with Crippen LogP contribution in [0.2, 0.25) is 0 Å². The molecule has 0 saturated carbocycles. The van der Waals surface area contributed by atoms with E-state index in [0.717, 1.165) is 48.3 Å². The van der Waals surface area contributed by atoms with E-state index in [-0.39, 0.29) is 6.04 Å². The fourth-order valence-electron chi connectivity index (χ4n) is 4.04. The Morgan fingerprint density at radius 2 is 1.93 bits per heavy atom. The maximum Gasteiger partial charge on any atom is 0.257 e. The minimum Gasteiger partial charge on any atom is -0.493 e. The Labute approximate surface area is 166 Å². The number of aromatic nitrogens is 2. The largest absolute Gasteiger partial charge is 0.493 e. The van der Waals surface area contributed by atoms with Crippen molar-refractivity contribution in [3.05, 3.63) is 41.3 Å². The molecule has 0 bridgehead atoms. The molecule has 4 heterocycles. The third-order valence-electron chi connectivity index (χ3n) is 5.49. The van der Waals surface area contributed by atoms with Gasteiger partial charge in [-0.2, -0.15) is 0 Å². The van der Waals surface area contributed by atoms with E-state index in [4.69, 9.17) is 19.2 Å². The van der Waals surface area contributed by atoms with E-state index in [1.54, 1.807) is 0 Å². The van der Waals surface area contributed by atoms with Gasteiger partial charge < -0.3 is 14.2 Å². The number of likely N-dealkylation sites (tertiary alicyclic amines) is 1. The Hall–Kier alpha value is -2.34. The first kappa shape index (κ1) is 19.0. The van der Waals surface area contributed by atoms with Crippen LogP contribution in [0.5, 0.6) is 17.4 Å². The molecule has 2 aromatic rings. The number of rotatable bonds is 5. The Bertz CT molecular complexity index is 806. The lowest BCUT2D eigenvalue weighted by atomic mass is 9.97. The first-order valence-corrected chi connectivity index (χ1v) is 10.2. The molecule has 0 aromatic carbocycles. The predicted molar refractivity (Wildman–Crippen MR) is 107 cm³/mol. The number of nitrogens with zero attached hydrogens (tertiary/aromatic N) is 3. The molecular formula is C22H29N3O3. The molecule has 4 rings (SSSR count). The number of ether oxygens (including phenoxy) is 3. The van der Waals surface area contributed by atoms with Crippen LogP contribution in [0.25, 0.3) is 0 Å². The van der Waals surface area contributed by atoms with Gasteiger partial charge in [-0.3, -0.25) is 9.88 Å². The SMILES string of the molecule is Cc1cc(OCC2CCCN(C(C)c3ccc4c(n3)OCCO4)C2)cc(C)n1. The molecule has 0 N–H and O–H groups in total. The monoisotopic (exact) mass is 383 g/mol. The first-order chi connectivity index (χ1) is 13.6. The number of piperidine rings is 1. The lowest BCUT2D eigenvalue weighted by molar-refractivity contribution is 0.0981. The molecule has 2 unspecified atom stereocenters. The Balaban J connectivity index is 1.37. The maximum absolute atomic E-state index is 6.10. The summed E-state index contributed by atoms with van der Waals surface area (Å²) in [5, 5.41) is 0. The smallest absolute Gasteiger partial charge is 0.257 e. The van der Waals surface area contributed by atoms with Crippen molar-refractivity contribution in [2.75, 3.05) is 32.9 Å². The second-order valence-corrected chi connectivity index (χ2v) is 7.81. The van der Waals surface area contributed by atoms with E-state index >= 15 is 0 Å². The number of pyridine rings is 2. The second-order valence-electron chi connectivity index (χ2n) is 7.81. The fourth-order valence-corrected chi connectivity index (χ4v) is 4.04. The first-order valence-electron chi connectivity index (χ1n) is 10.2. The summed E-state index contributed by atoms with van der Waals surface area (Å²) in [5.74, 6) is 2.80. The van der Waals surface area contributed by atoms with Crippen molar-refractivity contribution in [2.24, 2.45) is 5.92 Å². The van der Waals surface area contributed by atoms with Crippen molar-refractivity contribution >= 4 is 0 Å². The second kappa shape index (κ2) is 8.35. The molecule has 2 aliphatic heterocycles. The van der Waals surface area contributed by atoms with Crippen molar-refractivity contribution in [3.63, 3.8) is 0 Å². The lowest BCUT2D eigenvalue weighted by Gasteiger charge is -2.36. The normalized spacial score (nSPS) is 20.6. The van der Waals surface area contributed by atoms with Gasteiger partial charge in [0.25, 0.3) is 5.88 Å². The molecule has 1 saturated heterocycles. The van der Waals surface area contributed by atoms with Crippen LogP contribution in [-0.4, -0.2) is 47.8 Å². The number of hydrogen-bond donors (Lipinski definition) is 0. The van der Waals surface area contributed by atoms with E-state index in [9.17, 15) is 0 Å². The average Bonchev–Trinajstić information content (AvgIpc) is 2.71. The topological polar surface area (TPSA) is 56.7 Å². The summed E-state index contributed by atoms with van der Waals surface area (Å²) in [6, 6.07) is 8.29. The Morgan fingerprint density at radius 3 is 2.75 bits per heavy atom. The van der Waals surface area contributed by atoms with Crippen LogP contribution >= 0.6 is 0 Å². The molecule has 28 heavy (non-hydrogen) atoms. The summed E-state index contributed by atoms with van der Waals surface area (Å²) < 4.78 is 17.3. The fraction of sp³-hybridized carbons (Fsp3) is 0.545. The molecule has 2 atom stereocenters. The van der Waals surface area contributed by atoms with Crippen LogP contribution < -0.4 is 14.2 Å². The van der Waals surface area contributed by atoms with Crippen molar-refractivity contribution < 1.29 is 14.2 Å². The molecule has 0 radical (unpaired) electrons. The van der Waals surface area contributed by atoms with Crippen LogP contribution in [0.3, 0.4) is 0 Å². The van der Waals surface area contributed by atoms with Gasteiger partial charge in [0.15, 0.2) is 5.75 Å². The Morgan fingerprint density at radius 1 is 1.14 bits per heavy atom. The molecule has 0 amide bonds. The minimum absolute atomic E-state index is 0.240. The van der Waals surface area contributed by atoms with E-state index in [0.29, 0.717) is 25.0 Å². The number of fused-ring (bicyclic) bond motifs is 1. The van der Waals surface area contributed by atoms with Crippen molar-refractivity contribution in [1.82, 2.24) is 14.9 Å². The average molecular weight is 383 g/mol. The van der Waals surface area contributed by atoms with Crippen LogP contribution in [0, 0.1) is 19.8 Å². The molecule has 2 aliphatic rings. The minimum atomic E-state index is 0.240. The zero-order chi connectivity index (χ0) is 19.5. The van der Waals surface area contributed by atoms with Crippen LogP contribution in [0.15, 0.2) is 24.3 Å². The van der Waals surface area contributed by atoms with Gasteiger partial charge in [0.1, 0.15) is 19.0 Å². The molecule has 0 aliphatic carbocycles. The van der Waals surface area contributed by atoms with Crippen molar-refractivity contribution in [1.29, 1.82) is 0 Å². The number of hydrogen-bond acceptors (Lipinski definition) is 6. The molecule has 0 spiro atoms. The van der Waals surface area contributed by atoms with Gasteiger partial charge in [-0.05, 0) is 52.3 Å². The van der Waals surface area contributed by atoms with Crippen LogP contribution in [0.1, 0.15) is 42.9 Å². The van der Waals surface area contributed by atoms with Gasteiger partial charge >= 0.3 is 0 Å². The third kappa shape index (κ3) is 4.38. The summed E-state index contributed by atoms with van der Waals surface area (Å²) in [4.78, 5) is 11.6. The Kier molecular flexibility index (Phi) is 5.67. The standard InChI is InChI=1S/C22H29N3O3/c1-15-11-19(12-16(2)23-15)28-14-18-5-4-8-25(13-18)17(3)20-6-7-21-22(24-20)27-10-9-26-21/h6-7,11-12,17-18H,4-5,8-10,13-14H2,1-3H3. The number of aryl methyl sites for hydroxylation is 2. The summed E-state index contributed by atoms with van der Waals surface area (Å²) in [6.45, 7) is 10.2. The molecular weight excluding hydrogens is 354 g/mol. The lowest BCUT2D eigenvalue weighted by Crippen LogP contribution is -2.39.